The van der Waals surface area contributed by atoms with E-state index in [9.17, 15) is 4.79 Å². The molecule has 0 N–H and O–H groups in total. The summed E-state index contributed by atoms with van der Waals surface area (Å²) in [7, 11) is 1.65. The maximum Gasteiger partial charge on any atom is 0.242 e. The molecule has 0 unspecified atom stereocenters. The van der Waals surface area contributed by atoms with Crippen molar-refractivity contribution in [3.8, 4) is 5.75 Å². The van der Waals surface area contributed by atoms with E-state index >= 15 is 0 Å². The number of hydrogen-bond donors (Lipinski definition) is 0. The Hall–Kier alpha value is -2.62. The second kappa shape index (κ2) is 6.87. The quantitative estimate of drug-likeness (QED) is 0.851. The lowest BCUT2D eigenvalue weighted by atomic mass is 9.97. The molecule has 0 radical (unpaired) electrons. The zero-order valence-electron chi connectivity index (χ0n) is 14.3. The number of hydrogen-bond acceptors (Lipinski definition) is 3. The lowest BCUT2D eigenvalue weighted by molar-refractivity contribution is -0.132. The molecule has 2 aromatic carbocycles. The first-order chi connectivity index (χ1) is 11.6. The second-order valence-corrected chi connectivity index (χ2v) is 5.97. The van der Waals surface area contributed by atoms with Crippen LogP contribution in [0.15, 0.2) is 53.6 Å². The van der Waals surface area contributed by atoms with Crippen molar-refractivity contribution in [1.29, 1.82) is 0 Å². The van der Waals surface area contributed by atoms with Gasteiger partial charge in [-0.15, -0.1) is 0 Å². The molecule has 1 aliphatic heterocycles. The van der Waals surface area contributed by atoms with E-state index in [-0.39, 0.29) is 11.9 Å². The number of carbonyl (C=O) groups is 1. The van der Waals surface area contributed by atoms with Crippen molar-refractivity contribution in [2.24, 2.45) is 5.10 Å². The summed E-state index contributed by atoms with van der Waals surface area (Å²) in [6.07, 6.45) is 1.12. The van der Waals surface area contributed by atoms with Gasteiger partial charge in [-0.2, -0.15) is 5.10 Å². The number of carbonyl (C=O) groups excluding carboxylic acids is 1. The molecule has 0 spiro atoms. The van der Waals surface area contributed by atoms with Crippen LogP contribution in [-0.4, -0.2) is 23.7 Å². The number of methoxy groups -OCH3 is 1. The van der Waals surface area contributed by atoms with Crippen LogP contribution < -0.4 is 4.74 Å². The average molecular weight is 322 g/mol. The number of ether oxygens (including phenoxy) is 1. The molecular formula is C20H22N2O2. The van der Waals surface area contributed by atoms with Crippen LogP contribution >= 0.6 is 0 Å². The Morgan fingerprint density at radius 3 is 2.58 bits per heavy atom. The number of benzene rings is 2. The zero-order chi connectivity index (χ0) is 17.1. The summed E-state index contributed by atoms with van der Waals surface area (Å²) in [5.41, 5.74) is 4.20. The van der Waals surface area contributed by atoms with Crippen LogP contribution in [0.1, 0.15) is 42.5 Å². The van der Waals surface area contributed by atoms with Gasteiger partial charge in [0, 0.05) is 18.4 Å². The third kappa shape index (κ3) is 3.04. The highest BCUT2D eigenvalue weighted by molar-refractivity contribution is 6.03. The first-order valence-electron chi connectivity index (χ1n) is 8.23. The van der Waals surface area contributed by atoms with Gasteiger partial charge in [-0.25, -0.2) is 5.01 Å². The maximum atomic E-state index is 12.4. The number of nitrogens with zero attached hydrogens (tertiary/aromatic N) is 2. The first-order valence-corrected chi connectivity index (χ1v) is 8.23. The van der Waals surface area contributed by atoms with Gasteiger partial charge in [0.05, 0.1) is 18.9 Å². The fourth-order valence-corrected chi connectivity index (χ4v) is 3.01. The van der Waals surface area contributed by atoms with Gasteiger partial charge in [-0.3, -0.25) is 4.79 Å². The molecule has 24 heavy (non-hydrogen) atoms. The molecule has 4 heteroatoms. The lowest BCUT2D eigenvalue weighted by Crippen LogP contribution is -2.26. The van der Waals surface area contributed by atoms with E-state index in [1.165, 1.54) is 5.56 Å². The van der Waals surface area contributed by atoms with Gasteiger partial charge >= 0.3 is 0 Å². The van der Waals surface area contributed by atoms with Gasteiger partial charge in [0.2, 0.25) is 5.91 Å². The molecular weight excluding hydrogens is 300 g/mol. The molecule has 0 fully saturated rings. The van der Waals surface area contributed by atoms with E-state index in [0.29, 0.717) is 12.8 Å². The summed E-state index contributed by atoms with van der Waals surface area (Å²) in [6, 6.07) is 16.0. The molecule has 0 aromatic heterocycles. The van der Waals surface area contributed by atoms with E-state index in [1.807, 2.05) is 31.2 Å². The molecule has 3 rings (SSSR count). The second-order valence-electron chi connectivity index (χ2n) is 5.97. The number of rotatable bonds is 4. The molecule has 1 aliphatic rings. The summed E-state index contributed by atoms with van der Waals surface area (Å²) < 4.78 is 5.49. The van der Waals surface area contributed by atoms with Gasteiger partial charge < -0.3 is 4.74 Å². The van der Waals surface area contributed by atoms with Gasteiger partial charge in [0.25, 0.3) is 0 Å². The maximum absolute atomic E-state index is 12.4. The minimum absolute atomic E-state index is 0.0213. The lowest BCUT2D eigenvalue weighted by Gasteiger charge is -2.23. The van der Waals surface area contributed by atoms with Crippen molar-refractivity contribution in [3.05, 3.63) is 65.2 Å². The third-order valence-electron chi connectivity index (χ3n) is 4.35. The van der Waals surface area contributed by atoms with Gasteiger partial charge in [0.1, 0.15) is 5.75 Å². The SMILES string of the molecule is CCC(=O)N1N=C(c2ccc(C)cc2)C[C@@H]1c1ccccc1OC. The Kier molecular flexibility index (Phi) is 4.65. The minimum atomic E-state index is -0.120. The van der Waals surface area contributed by atoms with Crippen molar-refractivity contribution < 1.29 is 9.53 Å². The highest BCUT2D eigenvalue weighted by atomic mass is 16.5. The van der Waals surface area contributed by atoms with E-state index in [4.69, 9.17) is 4.74 Å². The topological polar surface area (TPSA) is 41.9 Å². The van der Waals surface area contributed by atoms with Crippen LogP contribution in [-0.2, 0) is 4.79 Å². The molecule has 1 amide bonds. The van der Waals surface area contributed by atoms with E-state index < -0.39 is 0 Å². The van der Waals surface area contributed by atoms with Crippen molar-refractivity contribution >= 4 is 11.6 Å². The molecule has 4 nitrogen and oxygen atoms in total. The smallest absolute Gasteiger partial charge is 0.242 e. The minimum Gasteiger partial charge on any atom is -0.496 e. The zero-order valence-corrected chi connectivity index (χ0v) is 14.3. The number of para-hydroxylation sites is 1. The molecule has 2 aromatic rings. The summed E-state index contributed by atoms with van der Waals surface area (Å²) >= 11 is 0. The predicted octanol–water partition coefficient (Wildman–Crippen LogP) is 4.09. The Bertz CT molecular complexity index is 765. The Balaban J connectivity index is 1.98. The highest BCUT2D eigenvalue weighted by Gasteiger charge is 2.33. The molecule has 0 saturated heterocycles. The van der Waals surface area contributed by atoms with E-state index in [2.05, 4.69) is 36.3 Å². The highest BCUT2D eigenvalue weighted by Crippen LogP contribution is 2.37. The Morgan fingerprint density at radius 1 is 1.21 bits per heavy atom. The van der Waals surface area contributed by atoms with E-state index in [1.54, 1.807) is 12.1 Å². The summed E-state index contributed by atoms with van der Waals surface area (Å²) in [4.78, 5) is 12.4. The summed E-state index contributed by atoms with van der Waals surface area (Å²) in [5.74, 6) is 0.810. The van der Waals surface area contributed by atoms with Crippen molar-refractivity contribution in [1.82, 2.24) is 5.01 Å². The fraction of sp³-hybridized carbons (Fsp3) is 0.300. The molecule has 1 atom stereocenters. The standard InChI is InChI=1S/C20H22N2O2/c1-4-20(23)22-18(16-7-5-6-8-19(16)24-3)13-17(21-22)15-11-9-14(2)10-12-15/h5-12,18H,4,13H2,1-3H3/t18-/m1/s1. The average Bonchev–Trinajstić information content (AvgIpc) is 3.06. The first kappa shape index (κ1) is 16.2. The van der Waals surface area contributed by atoms with Crippen molar-refractivity contribution in [3.63, 3.8) is 0 Å². The number of amides is 1. The number of aryl methyl sites for hydroxylation is 1. The van der Waals surface area contributed by atoms with Crippen LogP contribution in [0.4, 0.5) is 0 Å². The van der Waals surface area contributed by atoms with E-state index in [0.717, 1.165) is 22.6 Å². The third-order valence-corrected chi connectivity index (χ3v) is 4.35. The Labute approximate surface area is 142 Å². The monoisotopic (exact) mass is 322 g/mol. The van der Waals surface area contributed by atoms with Crippen LogP contribution in [0.25, 0.3) is 0 Å². The molecule has 124 valence electrons. The van der Waals surface area contributed by atoms with Gasteiger partial charge in [-0.1, -0.05) is 55.0 Å². The molecule has 0 aliphatic carbocycles. The normalized spacial score (nSPS) is 16.9. The van der Waals surface area contributed by atoms with Crippen LogP contribution in [0.2, 0.25) is 0 Å². The molecule has 0 saturated carbocycles. The van der Waals surface area contributed by atoms with Crippen LogP contribution in [0, 0.1) is 6.92 Å². The van der Waals surface area contributed by atoms with Crippen molar-refractivity contribution in [2.75, 3.05) is 7.11 Å². The van der Waals surface area contributed by atoms with Crippen LogP contribution in [0.3, 0.4) is 0 Å². The molecule has 0 bridgehead atoms. The molecule has 1 heterocycles. The largest absolute Gasteiger partial charge is 0.496 e. The van der Waals surface area contributed by atoms with Gasteiger partial charge in [0.15, 0.2) is 0 Å². The summed E-state index contributed by atoms with van der Waals surface area (Å²) in [5, 5.41) is 6.25. The number of hydrazone groups is 1. The van der Waals surface area contributed by atoms with Gasteiger partial charge in [-0.05, 0) is 18.6 Å². The predicted molar refractivity (Wildman–Crippen MR) is 95.2 cm³/mol. The van der Waals surface area contributed by atoms with Crippen LogP contribution in [0.5, 0.6) is 5.75 Å². The van der Waals surface area contributed by atoms with Crippen molar-refractivity contribution in [2.45, 2.75) is 32.7 Å². The summed E-state index contributed by atoms with van der Waals surface area (Å²) in [6.45, 7) is 3.92. The Morgan fingerprint density at radius 2 is 1.92 bits per heavy atom. The fourth-order valence-electron chi connectivity index (χ4n) is 3.01.